The van der Waals surface area contributed by atoms with Gasteiger partial charge in [0.2, 0.25) is 5.82 Å². The number of tetrazole rings is 1. The monoisotopic (exact) mass is 538 g/mol. The van der Waals surface area contributed by atoms with Crippen molar-refractivity contribution in [2.45, 2.75) is 26.1 Å². The molecule has 40 heavy (non-hydrogen) atoms. The molecule has 0 aliphatic heterocycles. The van der Waals surface area contributed by atoms with Gasteiger partial charge < -0.3 is 10.6 Å². The Labute approximate surface area is 227 Å². The van der Waals surface area contributed by atoms with Crippen LogP contribution >= 0.6 is 0 Å². The molecule has 0 saturated carbocycles. The Morgan fingerprint density at radius 3 is 2.40 bits per heavy atom. The van der Waals surface area contributed by atoms with Crippen LogP contribution in [0.15, 0.2) is 79.5 Å². The summed E-state index contributed by atoms with van der Waals surface area (Å²) in [6.07, 6.45) is 4.27. The maximum atomic E-state index is 13.1. The van der Waals surface area contributed by atoms with Gasteiger partial charge in [-0.3, -0.25) is 9.59 Å². The number of carbonyl (C=O) groups excluding carboxylic acids is 2. The number of rotatable bonds is 9. The zero-order valence-corrected chi connectivity index (χ0v) is 21.3. The van der Waals surface area contributed by atoms with Crippen LogP contribution in [0.25, 0.3) is 11.4 Å². The number of amides is 2. The molecule has 0 spiro atoms. The highest BCUT2D eigenvalue weighted by atomic mass is 19.1. The van der Waals surface area contributed by atoms with E-state index in [1.165, 1.54) is 29.3 Å². The third-order valence-electron chi connectivity index (χ3n) is 5.91. The van der Waals surface area contributed by atoms with Crippen molar-refractivity contribution in [2.24, 2.45) is 0 Å². The molecule has 1 atom stereocenters. The van der Waals surface area contributed by atoms with Crippen LogP contribution in [0.3, 0.4) is 0 Å². The molecular weight excluding hydrogens is 515 g/mol. The van der Waals surface area contributed by atoms with E-state index in [-0.39, 0.29) is 29.8 Å². The van der Waals surface area contributed by atoms with Crippen LogP contribution in [0.4, 0.5) is 4.39 Å². The van der Waals surface area contributed by atoms with Gasteiger partial charge in [-0.25, -0.2) is 24.3 Å². The molecular formula is C27H23FN10O2. The second-order valence-corrected chi connectivity index (χ2v) is 8.76. The lowest BCUT2D eigenvalue weighted by Gasteiger charge is -2.14. The second kappa shape index (κ2) is 11.9. The summed E-state index contributed by atoms with van der Waals surface area (Å²) in [6.45, 7) is 2.39. The smallest absolute Gasteiger partial charge is 0.270 e. The molecule has 200 valence electrons. The van der Waals surface area contributed by atoms with Crippen LogP contribution < -0.4 is 10.6 Å². The van der Waals surface area contributed by atoms with Gasteiger partial charge in [0, 0.05) is 24.4 Å². The molecule has 2 aromatic carbocycles. The summed E-state index contributed by atoms with van der Waals surface area (Å²) >= 11 is 0. The molecule has 0 saturated heterocycles. The van der Waals surface area contributed by atoms with Crippen LogP contribution in [-0.4, -0.2) is 52.0 Å². The Bertz CT molecular complexity index is 1610. The van der Waals surface area contributed by atoms with E-state index in [1.807, 2.05) is 31.2 Å². The summed E-state index contributed by atoms with van der Waals surface area (Å²) in [7, 11) is 0. The summed E-state index contributed by atoms with van der Waals surface area (Å²) < 4.78 is 13.1. The van der Waals surface area contributed by atoms with E-state index in [0.717, 1.165) is 28.7 Å². The Balaban J connectivity index is 1.18. The molecule has 0 fully saturated rings. The number of nitrogens with one attached hydrogen (secondary N) is 2. The van der Waals surface area contributed by atoms with Crippen molar-refractivity contribution in [1.29, 1.82) is 0 Å². The lowest BCUT2D eigenvalue weighted by molar-refractivity contribution is 0.0934. The third kappa shape index (κ3) is 6.51. The fraction of sp³-hybridized carbons (Fsp3) is 0.148. The van der Waals surface area contributed by atoms with E-state index < -0.39 is 11.8 Å². The van der Waals surface area contributed by atoms with Crippen LogP contribution in [0, 0.1) is 5.82 Å². The van der Waals surface area contributed by atoms with Crippen molar-refractivity contribution in [3.63, 3.8) is 0 Å². The van der Waals surface area contributed by atoms with Gasteiger partial charge in [0.25, 0.3) is 11.8 Å². The molecule has 13 heteroatoms. The Morgan fingerprint density at radius 1 is 0.925 bits per heavy atom. The van der Waals surface area contributed by atoms with Crippen LogP contribution in [0.1, 0.15) is 50.8 Å². The molecule has 0 aliphatic rings. The molecule has 3 aromatic heterocycles. The standard InChI is InChI=1S/C27H23FN10O2/c1-17(19-4-6-20(7-5-19)25-35-37-38(36-25)14-22-10-11-29-15-31-22)34-27(40)24-12-23(32-16-33-24)26(39)30-13-18-2-8-21(28)9-3-18/h2-12,15-17H,13-14H2,1H3,(H,30,39)(H,34,40)/t17-/m0/s1. The molecule has 0 radical (unpaired) electrons. The van der Waals surface area contributed by atoms with Crippen LogP contribution in [0.2, 0.25) is 0 Å². The van der Waals surface area contributed by atoms with Crippen LogP contribution in [-0.2, 0) is 13.1 Å². The van der Waals surface area contributed by atoms with E-state index in [4.69, 9.17) is 0 Å². The summed E-state index contributed by atoms with van der Waals surface area (Å²) in [5.41, 5.74) is 3.19. The zero-order chi connectivity index (χ0) is 27.9. The van der Waals surface area contributed by atoms with Crippen molar-refractivity contribution in [2.75, 3.05) is 0 Å². The highest BCUT2D eigenvalue weighted by Crippen LogP contribution is 2.19. The highest BCUT2D eigenvalue weighted by Gasteiger charge is 2.16. The molecule has 0 unspecified atom stereocenters. The van der Waals surface area contributed by atoms with Gasteiger partial charge >= 0.3 is 0 Å². The normalized spacial score (nSPS) is 11.6. The fourth-order valence-corrected chi connectivity index (χ4v) is 3.74. The van der Waals surface area contributed by atoms with Gasteiger partial charge in [0.15, 0.2) is 0 Å². The summed E-state index contributed by atoms with van der Waals surface area (Å²) in [5.74, 6) is -0.833. The Kier molecular flexibility index (Phi) is 7.81. The van der Waals surface area contributed by atoms with E-state index in [9.17, 15) is 14.0 Å². The minimum absolute atomic E-state index is 0.0412. The van der Waals surface area contributed by atoms with Gasteiger partial charge in [-0.1, -0.05) is 36.4 Å². The molecule has 3 heterocycles. The maximum absolute atomic E-state index is 13.1. The summed E-state index contributed by atoms with van der Waals surface area (Å²) in [5, 5.41) is 18.1. The average molecular weight is 539 g/mol. The molecule has 5 rings (SSSR count). The topological polar surface area (TPSA) is 153 Å². The van der Waals surface area contributed by atoms with Gasteiger partial charge in [-0.2, -0.15) is 4.80 Å². The summed E-state index contributed by atoms with van der Waals surface area (Å²) in [6, 6.07) is 15.9. The fourth-order valence-electron chi connectivity index (χ4n) is 3.74. The number of hydrogen-bond acceptors (Lipinski definition) is 9. The van der Waals surface area contributed by atoms with Crippen molar-refractivity contribution in [3.8, 4) is 11.4 Å². The third-order valence-corrected chi connectivity index (χ3v) is 5.91. The lowest BCUT2D eigenvalue weighted by Crippen LogP contribution is -2.29. The SMILES string of the molecule is C[C@H](NC(=O)c1cc(C(=O)NCc2ccc(F)cc2)ncn1)c1ccc(-c2nnn(Cc3ccncn3)n2)cc1. The Morgan fingerprint density at radius 2 is 1.68 bits per heavy atom. The first kappa shape index (κ1) is 26.2. The number of nitrogens with zero attached hydrogens (tertiary/aromatic N) is 8. The number of aromatic nitrogens is 8. The number of benzene rings is 2. The molecule has 0 aliphatic carbocycles. The summed E-state index contributed by atoms with van der Waals surface area (Å²) in [4.78, 5) is 42.8. The second-order valence-electron chi connectivity index (χ2n) is 8.76. The largest absolute Gasteiger partial charge is 0.347 e. The number of hydrogen-bond donors (Lipinski definition) is 2. The first-order valence-corrected chi connectivity index (χ1v) is 12.2. The van der Waals surface area contributed by atoms with E-state index in [0.29, 0.717) is 12.4 Å². The first-order valence-electron chi connectivity index (χ1n) is 12.2. The minimum Gasteiger partial charge on any atom is -0.347 e. The molecule has 2 amide bonds. The van der Waals surface area contributed by atoms with E-state index in [1.54, 1.807) is 24.4 Å². The van der Waals surface area contributed by atoms with Crippen molar-refractivity contribution >= 4 is 11.8 Å². The lowest BCUT2D eigenvalue weighted by atomic mass is 10.1. The molecule has 2 N–H and O–H groups in total. The van der Waals surface area contributed by atoms with Gasteiger partial charge in [0.1, 0.15) is 36.4 Å². The minimum atomic E-state index is -0.480. The Hall–Kier alpha value is -5.46. The quantitative estimate of drug-likeness (QED) is 0.288. The average Bonchev–Trinajstić information content (AvgIpc) is 3.45. The van der Waals surface area contributed by atoms with Crippen molar-refractivity contribution in [1.82, 2.24) is 50.8 Å². The highest BCUT2D eigenvalue weighted by molar-refractivity contribution is 5.97. The van der Waals surface area contributed by atoms with E-state index >= 15 is 0 Å². The van der Waals surface area contributed by atoms with Gasteiger partial charge in [0.05, 0.1) is 11.7 Å². The van der Waals surface area contributed by atoms with Crippen LogP contribution in [0.5, 0.6) is 0 Å². The maximum Gasteiger partial charge on any atom is 0.270 e. The number of halogens is 1. The molecule has 0 bridgehead atoms. The number of carbonyl (C=O) groups is 2. The predicted octanol–water partition coefficient (Wildman–Crippen LogP) is 2.53. The van der Waals surface area contributed by atoms with Gasteiger partial charge in [-0.15, -0.1) is 10.2 Å². The first-order chi connectivity index (χ1) is 19.4. The zero-order valence-electron chi connectivity index (χ0n) is 21.3. The molecule has 5 aromatic rings. The van der Waals surface area contributed by atoms with Crippen molar-refractivity contribution in [3.05, 3.63) is 114 Å². The van der Waals surface area contributed by atoms with E-state index in [2.05, 4.69) is 46.0 Å². The predicted molar refractivity (Wildman–Crippen MR) is 140 cm³/mol. The van der Waals surface area contributed by atoms with Gasteiger partial charge in [-0.05, 0) is 41.5 Å². The van der Waals surface area contributed by atoms with Crippen molar-refractivity contribution < 1.29 is 14.0 Å². The molecule has 12 nitrogen and oxygen atoms in total.